The van der Waals surface area contributed by atoms with Crippen LogP contribution in [0.25, 0.3) is 11.0 Å². The predicted octanol–water partition coefficient (Wildman–Crippen LogP) is 3.24. The molecule has 0 saturated carbocycles. The number of benzene rings is 2. The fourth-order valence-corrected chi connectivity index (χ4v) is 3.49. The van der Waals surface area contributed by atoms with Gasteiger partial charge in [-0.2, -0.15) is 0 Å². The summed E-state index contributed by atoms with van der Waals surface area (Å²) in [6.07, 6.45) is 1.88. The van der Waals surface area contributed by atoms with E-state index in [9.17, 15) is 4.79 Å². The number of aryl methyl sites for hydroxylation is 2. The van der Waals surface area contributed by atoms with Crippen molar-refractivity contribution in [3.63, 3.8) is 0 Å². The van der Waals surface area contributed by atoms with E-state index < -0.39 is 0 Å². The van der Waals surface area contributed by atoms with Gasteiger partial charge >= 0.3 is 0 Å². The molecule has 31 heavy (non-hydrogen) atoms. The minimum atomic E-state index is -0.0338. The van der Waals surface area contributed by atoms with E-state index in [-0.39, 0.29) is 5.91 Å². The van der Waals surface area contributed by atoms with Crippen LogP contribution in [0.4, 0.5) is 0 Å². The van der Waals surface area contributed by atoms with Gasteiger partial charge in [0, 0.05) is 38.8 Å². The van der Waals surface area contributed by atoms with Crippen LogP contribution in [0.15, 0.2) is 53.5 Å². The number of para-hydroxylation sites is 2. The SMILES string of the molecule is CCCNC(=O)c1cccc(CNC(=NC)NCCCn2c(C)nc3ccccc32)c1. The Kier molecular flexibility index (Phi) is 8.04. The molecule has 7 heteroatoms. The highest BCUT2D eigenvalue weighted by Gasteiger charge is 2.07. The lowest BCUT2D eigenvalue weighted by atomic mass is 10.1. The summed E-state index contributed by atoms with van der Waals surface area (Å²) >= 11 is 0. The molecule has 3 N–H and O–H groups in total. The van der Waals surface area contributed by atoms with Crippen molar-refractivity contribution in [3.8, 4) is 0 Å². The fraction of sp³-hybridized carbons (Fsp3) is 0.375. The standard InChI is InChI=1S/C24H32N6O/c1-4-13-26-23(31)20-10-7-9-19(16-20)17-28-24(25-3)27-14-8-15-30-18(2)29-21-11-5-6-12-22(21)30/h5-7,9-12,16H,4,8,13-15,17H2,1-3H3,(H,26,31)(H2,25,27,28). The fourth-order valence-electron chi connectivity index (χ4n) is 3.49. The lowest BCUT2D eigenvalue weighted by Gasteiger charge is -2.13. The van der Waals surface area contributed by atoms with Gasteiger partial charge in [0.25, 0.3) is 5.91 Å². The third kappa shape index (κ3) is 6.07. The number of imidazole rings is 1. The van der Waals surface area contributed by atoms with E-state index in [1.807, 2.05) is 56.3 Å². The number of rotatable bonds is 9. The average Bonchev–Trinajstić information content (AvgIpc) is 3.12. The first-order valence-electron chi connectivity index (χ1n) is 10.9. The van der Waals surface area contributed by atoms with E-state index in [1.54, 1.807) is 7.05 Å². The minimum absolute atomic E-state index is 0.0338. The Balaban J connectivity index is 1.47. The summed E-state index contributed by atoms with van der Waals surface area (Å²) in [5.74, 6) is 1.74. The molecule has 0 aliphatic rings. The van der Waals surface area contributed by atoms with E-state index in [0.29, 0.717) is 18.7 Å². The van der Waals surface area contributed by atoms with Gasteiger partial charge in [-0.1, -0.05) is 31.2 Å². The molecular formula is C24H32N6O. The normalized spacial score (nSPS) is 11.5. The van der Waals surface area contributed by atoms with E-state index in [1.165, 1.54) is 5.52 Å². The topological polar surface area (TPSA) is 83.3 Å². The van der Waals surface area contributed by atoms with Gasteiger partial charge in [0.2, 0.25) is 0 Å². The summed E-state index contributed by atoms with van der Waals surface area (Å²) < 4.78 is 2.25. The first-order valence-corrected chi connectivity index (χ1v) is 10.9. The molecule has 3 aromatic rings. The maximum atomic E-state index is 12.2. The Morgan fingerprint density at radius 2 is 1.90 bits per heavy atom. The first-order chi connectivity index (χ1) is 15.1. The predicted molar refractivity (Wildman–Crippen MR) is 126 cm³/mol. The van der Waals surface area contributed by atoms with Crippen LogP contribution in [0.5, 0.6) is 0 Å². The number of guanidine groups is 1. The molecule has 0 atom stereocenters. The van der Waals surface area contributed by atoms with Gasteiger partial charge in [0.1, 0.15) is 5.82 Å². The minimum Gasteiger partial charge on any atom is -0.356 e. The van der Waals surface area contributed by atoms with E-state index >= 15 is 0 Å². The summed E-state index contributed by atoms with van der Waals surface area (Å²) in [5, 5.41) is 9.59. The molecule has 0 aliphatic heterocycles. The molecule has 1 heterocycles. The van der Waals surface area contributed by atoms with Crippen molar-refractivity contribution >= 4 is 22.9 Å². The maximum absolute atomic E-state index is 12.2. The Labute approximate surface area is 184 Å². The van der Waals surface area contributed by atoms with Crippen molar-refractivity contribution in [3.05, 3.63) is 65.5 Å². The molecule has 0 fully saturated rings. The van der Waals surface area contributed by atoms with Crippen molar-refractivity contribution in [2.75, 3.05) is 20.1 Å². The molecule has 164 valence electrons. The second kappa shape index (κ2) is 11.2. The zero-order valence-electron chi connectivity index (χ0n) is 18.6. The molecule has 0 spiro atoms. The monoisotopic (exact) mass is 420 g/mol. The Morgan fingerprint density at radius 1 is 1.06 bits per heavy atom. The van der Waals surface area contributed by atoms with Gasteiger partial charge in [-0.25, -0.2) is 4.98 Å². The number of carbonyl (C=O) groups is 1. The van der Waals surface area contributed by atoms with Gasteiger partial charge in [-0.05, 0) is 49.6 Å². The second-order valence-corrected chi connectivity index (χ2v) is 7.46. The highest BCUT2D eigenvalue weighted by Crippen LogP contribution is 2.15. The lowest BCUT2D eigenvalue weighted by Crippen LogP contribution is -2.37. The molecule has 0 aliphatic carbocycles. The molecule has 7 nitrogen and oxygen atoms in total. The van der Waals surface area contributed by atoms with Gasteiger partial charge in [0.15, 0.2) is 5.96 Å². The largest absolute Gasteiger partial charge is 0.356 e. The smallest absolute Gasteiger partial charge is 0.251 e. The Morgan fingerprint density at radius 3 is 2.71 bits per heavy atom. The van der Waals surface area contributed by atoms with Crippen LogP contribution in [0.3, 0.4) is 0 Å². The van der Waals surface area contributed by atoms with Gasteiger partial charge in [0.05, 0.1) is 11.0 Å². The molecule has 1 amide bonds. The lowest BCUT2D eigenvalue weighted by molar-refractivity contribution is 0.0953. The number of amides is 1. The number of aromatic nitrogens is 2. The van der Waals surface area contributed by atoms with Crippen molar-refractivity contribution in [1.29, 1.82) is 0 Å². The Hall–Kier alpha value is -3.35. The number of fused-ring (bicyclic) bond motifs is 1. The van der Waals surface area contributed by atoms with Crippen LogP contribution in [0.2, 0.25) is 0 Å². The van der Waals surface area contributed by atoms with Crippen LogP contribution in [0.1, 0.15) is 41.5 Å². The van der Waals surface area contributed by atoms with Crippen molar-refractivity contribution in [2.24, 2.45) is 4.99 Å². The van der Waals surface area contributed by atoms with E-state index in [2.05, 4.69) is 36.6 Å². The van der Waals surface area contributed by atoms with Gasteiger partial charge in [-0.3, -0.25) is 9.79 Å². The third-order valence-corrected chi connectivity index (χ3v) is 5.10. The highest BCUT2D eigenvalue weighted by molar-refractivity contribution is 5.94. The van der Waals surface area contributed by atoms with Crippen LogP contribution in [-0.2, 0) is 13.1 Å². The summed E-state index contributed by atoms with van der Waals surface area (Å²) in [6, 6.07) is 15.9. The summed E-state index contributed by atoms with van der Waals surface area (Å²) in [6.45, 7) is 7.06. The number of hydrogen-bond acceptors (Lipinski definition) is 3. The van der Waals surface area contributed by atoms with Gasteiger partial charge < -0.3 is 20.5 Å². The molecule has 0 bridgehead atoms. The number of aliphatic imine (C=N–C) groups is 1. The number of carbonyl (C=O) groups excluding carboxylic acids is 1. The Bertz CT molecular complexity index is 1040. The molecule has 3 rings (SSSR count). The van der Waals surface area contributed by atoms with Crippen LogP contribution in [-0.4, -0.2) is 41.6 Å². The summed E-state index contributed by atoms with van der Waals surface area (Å²) in [7, 11) is 1.76. The summed E-state index contributed by atoms with van der Waals surface area (Å²) in [4.78, 5) is 21.1. The maximum Gasteiger partial charge on any atom is 0.251 e. The van der Waals surface area contributed by atoms with E-state index in [0.717, 1.165) is 48.8 Å². The van der Waals surface area contributed by atoms with E-state index in [4.69, 9.17) is 0 Å². The summed E-state index contributed by atoms with van der Waals surface area (Å²) in [5.41, 5.74) is 3.92. The van der Waals surface area contributed by atoms with Crippen molar-refractivity contribution < 1.29 is 4.79 Å². The van der Waals surface area contributed by atoms with Crippen molar-refractivity contribution in [1.82, 2.24) is 25.5 Å². The van der Waals surface area contributed by atoms with Crippen LogP contribution >= 0.6 is 0 Å². The highest BCUT2D eigenvalue weighted by atomic mass is 16.1. The number of nitrogens with one attached hydrogen (secondary N) is 3. The van der Waals surface area contributed by atoms with Crippen LogP contribution < -0.4 is 16.0 Å². The molecule has 0 saturated heterocycles. The molecule has 0 unspecified atom stereocenters. The molecule has 0 radical (unpaired) electrons. The molecule has 1 aromatic heterocycles. The van der Waals surface area contributed by atoms with Crippen molar-refractivity contribution in [2.45, 2.75) is 39.8 Å². The van der Waals surface area contributed by atoms with Crippen LogP contribution in [0, 0.1) is 6.92 Å². The average molecular weight is 421 g/mol. The number of hydrogen-bond donors (Lipinski definition) is 3. The zero-order chi connectivity index (χ0) is 22.1. The van der Waals surface area contributed by atoms with Gasteiger partial charge in [-0.15, -0.1) is 0 Å². The molecular weight excluding hydrogens is 388 g/mol. The quantitative estimate of drug-likeness (QED) is 0.282. The molecule has 2 aromatic carbocycles. The third-order valence-electron chi connectivity index (χ3n) is 5.10. The zero-order valence-corrected chi connectivity index (χ0v) is 18.6. The first kappa shape index (κ1) is 22.3. The second-order valence-electron chi connectivity index (χ2n) is 7.46. The number of nitrogens with zero attached hydrogens (tertiary/aromatic N) is 3.